The van der Waals surface area contributed by atoms with Crippen LogP contribution in [-0.2, 0) is 4.79 Å². The maximum Gasteiger partial charge on any atom is 0.308 e. The molecule has 0 aliphatic carbocycles. The SMILES string of the molecule is COc1cc(OC)c2c(=O)[nH]c(-c3cc(C)c(OC(C)=O)c(C)c3)nc2c1. The topological polar surface area (TPSA) is 90.5 Å². The molecule has 0 atom stereocenters. The molecular formula is C20H20N2O5. The van der Waals surface area contributed by atoms with Crippen LogP contribution in [0, 0.1) is 13.8 Å². The summed E-state index contributed by atoms with van der Waals surface area (Å²) in [6, 6.07) is 6.95. The summed E-state index contributed by atoms with van der Waals surface area (Å²) in [4.78, 5) is 31.3. The summed E-state index contributed by atoms with van der Waals surface area (Å²) >= 11 is 0. The van der Waals surface area contributed by atoms with Crippen molar-refractivity contribution in [3.63, 3.8) is 0 Å². The lowest BCUT2D eigenvalue weighted by Gasteiger charge is -2.12. The molecule has 0 fully saturated rings. The number of nitrogens with zero attached hydrogens (tertiary/aromatic N) is 1. The molecule has 3 rings (SSSR count). The Morgan fingerprint density at radius 1 is 1.04 bits per heavy atom. The standard InChI is InChI=1S/C20H20N2O5/c1-10-6-13(7-11(2)18(10)27-12(3)23)19-21-15-8-14(25-4)9-16(26-5)17(15)20(24)22-19/h6-9H,1-5H3,(H,21,22,24). The van der Waals surface area contributed by atoms with Crippen LogP contribution in [0.4, 0.5) is 0 Å². The number of ether oxygens (including phenoxy) is 3. The molecule has 140 valence electrons. The van der Waals surface area contributed by atoms with Gasteiger partial charge in [-0.3, -0.25) is 9.59 Å². The average Bonchev–Trinajstić information content (AvgIpc) is 2.63. The second kappa shape index (κ2) is 7.11. The normalized spacial score (nSPS) is 10.7. The number of H-pyrrole nitrogens is 1. The van der Waals surface area contributed by atoms with Crippen molar-refractivity contribution in [2.24, 2.45) is 0 Å². The number of aromatic nitrogens is 2. The second-order valence-corrected chi connectivity index (χ2v) is 6.17. The van der Waals surface area contributed by atoms with Gasteiger partial charge in [-0.15, -0.1) is 0 Å². The third-order valence-corrected chi connectivity index (χ3v) is 4.18. The minimum absolute atomic E-state index is 0.311. The van der Waals surface area contributed by atoms with E-state index in [0.29, 0.717) is 39.5 Å². The van der Waals surface area contributed by atoms with Crippen LogP contribution in [0.15, 0.2) is 29.1 Å². The minimum Gasteiger partial charge on any atom is -0.497 e. The second-order valence-electron chi connectivity index (χ2n) is 6.17. The Hall–Kier alpha value is -3.35. The molecule has 27 heavy (non-hydrogen) atoms. The Balaban J connectivity index is 2.21. The molecule has 0 radical (unpaired) electrons. The van der Waals surface area contributed by atoms with Gasteiger partial charge < -0.3 is 19.2 Å². The van der Waals surface area contributed by atoms with E-state index in [1.54, 1.807) is 12.1 Å². The molecule has 1 aromatic heterocycles. The summed E-state index contributed by atoms with van der Waals surface area (Å²) in [7, 11) is 3.02. The van der Waals surface area contributed by atoms with E-state index in [2.05, 4.69) is 9.97 Å². The zero-order valence-electron chi connectivity index (χ0n) is 15.8. The van der Waals surface area contributed by atoms with Crippen LogP contribution in [0.25, 0.3) is 22.3 Å². The lowest BCUT2D eigenvalue weighted by atomic mass is 10.0. The molecule has 0 saturated heterocycles. The Kier molecular flexibility index (Phi) is 4.85. The van der Waals surface area contributed by atoms with Crippen LogP contribution in [-0.4, -0.2) is 30.2 Å². The number of aryl methyl sites for hydroxylation is 2. The van der Waals surface area contributed by atoms with E-state index in [1.807, 2.05) is 26.0 Å². The highest BCUT2D eigenvalue weighted by Gasteiger charge is 2.15. The lowest BCUT2D eigenvalue weighted by Crippen LogP contribution is -2.11. The van der Waals surface area contributed by atoms with Crippen LogP contribution in [0.2, 0.25) is 0 Å². The van der Waals surface area contributed by atoms with Crippen LogP contribution in [0.3, 0.4) is 0 Å². The number of hydrogen-bond donors (Lipinski definition) is 1. The molecule has 0 spiro atoms. The predicted molar refractivity (Wildman–Crippen MR) is 102 cm³/mol. The summed E-state index contributed by atoms with van der Waals surface area (Å²) in [6.07, 6.45) is 0. The third kappa shape index (κ3) is 3.48. The van der Waals surface area contributed by atoms with Crippen molar-refractivity contribution in [1.82, 2.24) is 9.97 Å². The quantitative estimate of drug-likeness (QED) is 0.562. The number of fused-ring (bicyclic) bond motifs is 1. The van der Waals surface area contributed by atoms with E-state index < -0.39 is 0 Å². The minimum atomic E-state index is -0.384. The van der Waals surface area contributed by atoms with Crippen molar-refractivity contribution >= 4 is 16.9 Å². The zero-order chi connectivity index (χ0) is 19.7. The first kappa shape index (κ1) is 18.4. The fraction of sp³-hybridized carbons (Fsp3) is 0.250. The van der Waals surface area contributed by atoms with Crippen LogP contribution in [0.5, 0.6) is 17.2 Å². The van der Waals surface area contributed by atoms with Gasteiger partial charge in [-0.2, -0.15) is 0 Å². The van der Waals surface area contributed by atoms with Gasteiger partial charge in [0.05, 0.1) is 19.7 Å². The Morgan fingerprint density at radius 2 is 1.70 bits per heavy atom. The van der Waals surface area contributed by atoms with Gasteiger partial charge in [0.1, 0.15) is 28.5 Å². The maximum absolute atomic E-state index is 12.6. The van der Waals surface area contributed by atoms with Gasteiger partial charge in [0, 0.05) is 24.6 Å². The molecule has 0 bridgehead atoms. The molecule has 0 aliphatic heterocycles. The van der Waals surface area contributed by atoms with Gasteiger partial charge in [0.15, 0.2) is 0 Å². The van der Waals surface area contributed by atoms with E-state index in [-0.39, 0.29) is 11.5 Å². The van der Waals surface area contributed by atoms with Crippen molar-refractivity contribution in [3.8, 4) is 28.6 Å². The van der Waals surface area contributed by atoms with Gasteiger partial charge >= 0.3 is 5.97 Å². The summed E-state index contributed by atoms with van der Waals surface area (Å²) < 4.78 is 15.8. The number of aromatic amines is 1. The molecule has 0 aliphatic rings. The predicted octanol–water partition coefficient (Wildman–Crippen LogP) is 3.15. The Labute approximate surface area is 155 Å². The molecular weight excluding hydrogens is 348 g/mol. The van der Waals surface area contributed by atoms with Gasteiger partial charge in [0.25, 0.3) is 5.56 Å². The van der Waals surface area contributed by atoms with Crippen molar-refractivity contribution in [2.75, 3.05) is 14.2 Å². The largest absolute Gasteiger partial charge is 0.497 e. The van der Waals surface area contributed by atoms with Crippen LogP contribution >= 0.6 is 0 Å². The fourth-order valence-electron chi connectivity index (χ4n) is 3.02. The van der Waals surface area contributed by atoms with Gasteiger partial charge in [-0.1, -0.05) is 0 Å². The third-order valence-electron chi connectivity index (χ3n) is 4.18. The summed E-state index contributed by atoms with van der Waals surface area (Å²) in [5.41, 5.74) is 2.40. The smallest absolute Gasteiger partial charge is 0.308 e. The van der Waals surface area contributed by atoms with Crippen LogP contribution in [0.1, 0.15) is 18.1 Å². The van der Waals surface area contributed by atoms with E-state index in [1.165, 1.54) is 21.1 Å². The monoisotopic (exact) mass is 368 g/mol. The van der Waals surface area contributed by atoms with Gasteiger partial charge in [-0.05, 0) is 37.1 Å². The number of benzene rings is 2. The van der Waals surface area contributed by atoms with Crippen molar-refractivity contribution in [3.05, 3.63) is 45.7 Å². The summed E-state index contributed by atoms with van der Waals surface area (Å²) in [5, 5.41) is 0.354. The van der Waals surface area contributed by atoms with E-state index in [0.717, 1.165) is 11.1 Å². The molecule has 0 amide bonds. The highest BCUT2D eigenvalue weighted by atomic mass is 16.5. The molecule has 0 saturated carbocycles. The highest BCUT2D eigenvalue weighted by molar-refractivity contribution is 5.87. The lowest BCUT2D eigenvalue weighted by molar-refractivity contribution is -0.131. The van der Waals surface area contributed by atoms with Crippen LogP contribution < -0.4 is 19.8 Å². The molecule has 1 heterocycles. The number of rotatable bonds is 4. The number of carbonyl (C=O) groups excluding carboxylic acids is 1. The van der Waals surface area contributed by atoms with Gasteiger partial charge in [0.2, 0.25) is 0 Å². The summed E-state index contributed by atoms with van der Waals surface area (Å²) in [6.45, 7) is 5.02. The fourth-order valence-corrected chi connectivity index (χ4v) is 3.02. The van der Waals surface area contributed by atoms with E-state index >= 15 is 0 Å². The Morgan fingerprint density at radius 3 is 2.26 bits per heavy atom. The summed E-state index contributed by atoms with van der Waals surface area (Å²) in [5.74, 6) is 1.47. The first-order chi connectivity index (χ1) is 12.8. The zero-order valence-corrected chi connectivity index (χ0v) is 15.8. The van der Waals surface area contributed by atoms with Crippen molar-refractivity contribution in [2.45, 2.75) is 20.8 Å². The molecule has 2 aromatic carbocycles. The number of esters is 1. The Bertz CT molecular complexity index is 1080. The molecule has 7 heteroatoms. The molecule has 1 N–H and O–H groups in total. The van der Waals surface area contributed by atoms with E-state index in [4.69, 9.17) is 14.2 Å². The number of nitrogens with one attached hydrogen (secondary N) is 1. The molecule has 7 nitrogen and oxygen atoms in total. The van der Waals surface area contributed by atoms with Crippen molar-refractivity contribution < 1.29 is 19.0 Å². The maximum atomic E-state index is 12.6. The number of methoxy groups -OCH3 is 2. The molecule has 3 aromatic rings. The number of hydrogen-bond acceptors (Lipinski definition) is 6. The van der Waals surface area contributed by atoms with Gasteiger partial charge in [-0.25, -0.2) is 4.98 Å². The van der Waals surface area contributed by atoms with Crippen molar-refractivity contribution in [1.29, 1.82) is 0 Å². The molecule has 0 unspecified atom stereocenters. The first-order valence-corrected chi connectivity index (χ1v) is 8.30. The average molecular weight is 368 g/mol. The van der Waals surface area contributed by atoms with E-state index in [9.17, 15) is 9.59 Å². The first-order valence-electron chi connectivity index (χ1n) is 8.30. The number of carbonyl (C=O) groups is 1. The highest BCUT2D eigenvalue weighted by Crippen LogP contribution is 2.31.